The van der Waals surface area contributed by atoms with E-state index < -0.39 is 7.36 Å². The molecular formula is C29H30BrN6O2P. The first-order valence-electron chi connectivity index (χ1n) is 13.0. The Labute approximate surface area is 237 Å². The average molecular weight is 605 g/mol. The summed E-state index contributed by atoms with van der Waals surface area (Å²) >= 11 is 3.61. The molecule has 0 saturated carbocycles. The molecule has 1 atom stereocenters. The van der Waals surface area contributed by atoms with Crippen molar-refractivity contribution in [3.05, 3.63) is 104 Å². The summed E-state index contributed by atoms with van der Waals surface area (Å²) < 4.78 is 10.8. The van der Waals surface area contributed by atoms with Gasteiger partial charge in [0.05, 0.1) is 32.3 Å². The van der Waals surface area contributed by atoms with Crippen molar-refractivity contribution in [1.82, 2.24) is 4.67 Å². The maximum absolute atomic E-state index is 11.5. The van der Waals surface area contributed by atoms with E-state index in [4.69, 9.17) is 9.85 Å². The maximum atomic E-state index is 11.5. The third-order valence-corrected chi connectivity index (χ3v) is 12.0. The number of nitro benzene ring substituents is 1. The molecule has 200 valence electrons. The van der Waals surface area contributed by atoms with E-state index in [-0.39, 0.29) is 16.0 Å². The summed E-state index contributed by atoms with van der Waals surface area (Å²) in [7, 11) is -0.577. The predicted molar refractivity (Wildman–Crippen MR) is 163 cm³/mol. The standard InChI is InChI=1S/C29H30BrN6O2P/c1-29(2)23-13-7-8-14-26(23)33(3)28(29)27-20-31-35(21-11-5-4-6-12-21)39(27,34-17-9-10-18-34)32-25-16-15-22(36(37)38)19-24(25)30/h4-8,11-16,19-20H,9-10,17-18H2,1-3H3. The van der Waals surface area contributed by atoms with Crippen LogP contribution in [-0.4, -0.2) is 35.9 Å². The lowest BCUT2D eigenvalue weighted by Crippen LogP contribution is -2.30. The lowest BCUT2D eigenvalue weighted by molar-refractivity contribution is -0.384. The molecule has 3 aliphatic rings. The van der Waals surface area contributed by atoms with Gasteiger partial charge in [-0.1, -0.05) is 50.2 Å². The Hall–Kier alpha value is -3.26. The monoisotopic (exact) mass is 604 g/mol. The van der Waals surface area contributed by atoms with Crippen LogP contribution in [0.1, 0.15) is 32.3 Å². The molecular weight excluding hydrogens is 575 g/mol. The van der Waals surface area contributed by atoms with Gasteiger partial charge in [-0.05, 0) is 58.6 Å². The van der Waals surface area contributed by atoms with Crippen molar-refractivity contribution >= 4 is 52.2 Å². The topological polar surface area (TPSA) is 77.6 Å². The second-order valence-corrected chi connectivity index (χ2v) is 14.1. The van der Waals surface area contributed by atoms with Gasteiger partial charge in [0.25, 0.3) is 5.69 Å². The van der Waals surface area contributed by atoms with Crippen molar-refractivity contribution in [2.75, 3.05) is 29.8 Å². The number of fused-ring (bicyclic) bond motifs is 1. The summed E-state index contributed by atoms with van der Waals surface area (Å²) in [5.41, 5.74) is 5.07. The molecule has 0 bridgehead atoms. The SMILES string of the molecule is CN1C(=C2C=NN(c3ccccc3)P2(=Nc2ccc([N+](=O)[O-])cc2Br)N2CCCC2)C(C)(C)c2ccccc21. The van der Waals surface area contributed by atoms with Crippen LogP contribution in [0.5, 0.6) is 0 Å². The minimum atomic E-state index is -2.71. The van der Waals surface area contributed by atoms with Gasteiger partial charge in [0.15, 0.2) is 7.36 Å². The highest BCUT2D eigenvalue weighted by Gasteiger charge is 2.50. The van der Waals surface area contributed by atoms with Gasteiger partial charge in [-0.2, -0.15) is 5.10 Å². The molecule has 1 fully saturated rings. The van der Waals surface area contributed by atoms with E-state index in [1.165, 1.54) is 29.1 Å². The van der Waals surface area contributed by atoms with Crippen LogP contribution in [0.4, 0.5) is 22.7 Å². The molecule has 6 rings (SSSR count). The summed E-state index contributed by atoms with van der Waals surface area (Å²) in [4.78, 5) is 13.4. The first kappa shape index (κ1) is 26.0. The molecule has 1 unspecified atom stereocenters. The summed E-state index contributed by atoms with van der Waals surface area (Å²) in [6.07, 6.45) is 4.19. The van der Waals surface area contributed by atoms with Crippen LogP contribution in [0.2, 0.25) is 0 Å². The molecule has 1 saturated heterocycles. The van der Waals surface area contributed by atoms with Gasteiger partial charge in [-0.25, -0.2) is 14.2 Å². The van der Waals surface area contributed by atoms with E-state index in [0.717, 1.165) is 36.9 Å². The number of hydrogen-bond acceptors (Lipinski definition) is 5. The summed E-state index contributed by atoms with van der Waals surface area (Å²) in [6.45, 7) is 6.36. The number of hydrogen-bond donors (Lipinski definition) is 0. The highest BCUT2D eigenvalue weighted by atomic mass is 79.9. The van der Waals surface area contributed by atoms with Gasteiger partial charge in [0, 0.05) is 49.1 Å². The number of benzene rings is 3. The van der Waals surface area contributed by atoms with Crippen LogP contribution < -0.4 is 9.68 Å². The molecule has 0 aromatic heterocycles. The van der Waals surface area contributed by atoms with Crippen molar-refractivity contribution in [3.8, 4) is 0 Å². The third kappa shape index (κ3) is 4.06. The Balaban J connectivity index is 1.69. The number of non-ortho nitro benzene ring substituents is 1. The number of nitrogens with zero attached hydrogens (tertiary/aromatic N) is 6. The molecule has 8 nitrogen and oxygen atoms in total. The zero-order valence-electron chi connectivity index (χ0n) is 22.2. The highest BCUT2D eigenvalue weighted by molar-refractivity contribution is 9.10. The van der Waals surface area contributed by atoms with Crippen LogP contribution in [0, 0.1) is 10.1 Å². The van der Waals surface area contributed by atoms with Crippen LogP contribution >= 0.6 is 23.3 Å². The Morgan fingerprint density at radius 1 is 1.03 bits per heavy atom. The Bertz CT molecular complexity index is 1580. The number of halogens is 1. The van der Waals surface area contributed by atoms with E-state index in [1.54, 1.807) is 6.07 Å². The molecule has 0 N–H and O–H groups in total. The lowest BCUT2D eigenvalue weighted by Gasteiger charge is -2.39. The van der Waals surface area contributed by atoms with Gasteiger partial charge in [0.2, 0.25) is 0 Å². The summed E-state index contributed by atoms with van der Waals surface area (Å²) in [5, 5.41) is 17.7. The minimum absolute atomic E-state index is 0.0302. The zero-order valence-corrected chi connectivity index (χ0v) is 24.6. The summed E-state index contributed by atoms with van der Waals surface area (Å²) in [6, 6.07) is 23.6. The van der Waals surface area contributed by atoms with Crippen molar-refractivity contribution in [1.29, 1.82) is 0 Å². The molecule has 0 spiro atoms. The normalized spacial score (nSPS) is 23.9. The second-order valence-electron chi connectivity index (χ2n) is 10.5. The van der Waals surface area contributed by atoms with Crippen LogP contribution in [0.3, 0.4) is 0 Å². The molecule has 3 aromatic rings. The van der Waals surface area contributed by atoms with Gasteiger partial charge in [-0.15, -0.1) is 0 Å². The first-order chi connectivity index (χ1) is 18.7. The van der Waals surface area contributed by atoms with Crippen molar-refractivity contribution < 1.29 is 4.92 Å². The van der Waals surface area contributed by atoms with Crippen LogP contribution in [-0.2, 0) is 5.41 Å². The zero-order chi connectivity index (χ0) is 27.4. The lowest BCUT2D eigenvalue weighted by atomic mass is 9.84. The van der Waals surface area contributed by atoms with Gasteiger partial charge in [0.1, 0.15) is 0 Å². The molecule has 3 heterocycles. The number of allylic oxidation sites excluding steroid dienone is 2. The number of nitro groups is 1. The van der Waals surface area contributed by atoms with Gasteiger partial charge in [-0.3, -0.25) is 10.1 Å². The Kier molecular flexibility index (Phi) is 6.49. The van der Waals surface area contributed by atoms with Gasteiger partial charge >= 0.3 is 0 Å². The molecule has 0 radical (unpaired) electrons. The van der Waals surface area contributed by atoms with Gasteiger partial charge < -0.3 is 4.90 Å². The average Bonchev–Trinajstić information content (AvgIpc) is 3.63. The fourth-order valence-corrected chi connectivity index (χ4v) is 10.6. The summed E-state index contributed by atoms with van der Waals surface area (Å²) in [5.74, 6) is 0. The fraction of sp³-hybridized carbons (Fsp3) is 0.276. The highest BCUT2D eigenvalue weighted by Crippen LogP contribution is 2.71. The molecule has 39 heavy (non-hydrogen) atoms. The molecule has 3 aromatic carbocycles. The van der Waals surface area contributed by atoms with E-state index >= 15 is 0 Å². The number of likely N-dealkylation sites (N-methyl/N-ethyl adjacent to an activating group) is 1. The Morgan fingerprint density at radius 2 is 1.72 bits per heavy atom. The number of anilines is 2. The quantitative estimate of drug-likeness (QED) is 0.170. The third-order valence-electron chi connectivity index (χ3n) is 7.84. The predicted octanol–water partition coefficient (Wildman–Crippen LogP) is 8.26. The first-order valence-corrected chi connectivity index (χ1v) is 15.5. The van der Waals surface area contributed by atoms with Crippen LogP contribution in [0.25, 0.3) is 0 Å². The van der Waals surface area contributed by atoms with E-state index in [0.29, 0.717) is 10.2 Å². The number of hydrazone groups is 1. The number of para-hydroxylation sites is 2. The second kappa shape index (κ2) is 9.73. The van der Waals surface area contributed by atoms with Crippen molar-refractivity contribution in [3.63, 3.8) is 0 Å². The molecule has 3 aliphatic heterocycles. The maximum Gasteiger partial charge on any atom is 0.270 e. The van der Waals surface area contributed by atoms with Crippen molar-refractivity contribution in [2.45, 2.75) is 32.1 Å². The smallest absolute Gasteiger partial charge is 0.270 e. The fourth-order valence-electron chi connectivity index (χ4n) is 6.06. The molecule has 0 aliphatic carbocycles. The largest absolute Gasteiger partial charge is 0.346 e. The van der Waals surface area contributed by atoms with Crippen molar-refractivity contribution in [2.24, 2.45) is 9.85 Å². The number of rotatable bonds is 4. The van der Waals surface area contributed by atoms with E-state index in [2.05, 4.69) is 87.6 Å². The molecule has 0 amide bonds. The minimum Gasteiger partial charge on any atom is -0.346 e. The van der Waals surface area contributed by atoms with Crippen LogP contribution in [0.15, 0.2) is 98.1 Å². The molecule has 10 heteroatoms. The van der Waals surface area contributed by atoms with E-state index in [1.807, 2.05) is 24.4 Å². The Morgan fingerprint density at radius 3 is 2.38 bits per heavy atom. The van der Waals surface area contributed by atoms with E-state index in [9.17, 15) is 10.1 Å².